The van der Waals surface area contributed by atoms with Gasteiger partial charge in [0.25, 0.3) is 0 Å². The molecule has 2 heterocycles. The monoisotopic (exact) mass is 574 g/mol. The third kappa shape index (κ3) is 4.37. The normalized spacial score (nSPS) is 12.1. The van der Waals surface area contributed by atoms with Crippen LogP contribution in [0.5, 0.6) is 0 Å². The molecule has 45 heavy (non-hydrogen) atoms. The molecule has 0 aliphatic carbocycles. The minimum atomic E-state index is 1.11. The SMILES string of the molecule is C#C/C=C\C(=C/C)c1ccc(-c2cccc(-n3c4ccccc4c4ccc(-n5c6ccccc6c6ccccc65)cc43)c2)cc1. The molecule has 2 aromatic heterocycles. The second kappa shape index (κ2) is 10.9. The minimum absolute atomic E-state index is 1.11. The van der Waals surface area contributed by atoms with E-state index in [4.69, 9.17) is 6.42 Å². The third-order valence-electron chi connectivity index (χ3n) is 8.82. The Morgan fingerprint density at radius 1 is 0.533 bits per heavy atom. The molecule has 0 atom stereocenters. The van der Waals surface area contributed by atoms with Gasteiger partial charge in [0.15, 0.2) is 0 Å². The Kier molecular flexibility index (Phi) is 6.44. The Balaban J connectivity index is 1.30. The molecule has 0 saturated carbocycles. The van der Waals surface area contributed by atoms with Crippen molar-refractivity contribution < 1.29 is 0 Å². The van der Waals surface area contributed by atoms with Crippen LogP contribution in [0.15, 0.2) is 158 Å². The van der Waals surface area contributed by atoms with E-state index < -0.39 is 0 Å². The van der Waals surface area contributed by atoms with E-state index >= 15 is 0 Å². The van der Waals surface area contributed by atoms with E-state index in [1.54, 1.807) is 6.08 Å². The van der Waals surface area contributed by atoms with Gasteiger partial charge in [-0.1, -0.05) is 109 Å². The molecular formula is C43H30N2. The van der Waals surface area contributed by atoms with E-state index in [9.17, 15) is 0 Å². The fourth-order valence-electron chi connectivity index (χ4n) is 6.75. The predicted octanol–water partition coefficient (Wildman–Crippen LogP) is 11.1. The first-order valence-electron chi connectivity index (χ1n) is 15.3. The first kappa shape index (κ1) is 26.6. The van der Waals surface area contributed by atoms with Gasteiger partial charge in [-0.05, 0) is 83.8 Å². The summed E-state index contributed by atoms with van der Waals surface area (Å²) >= 11 is 0. The average Bonchev–Trinajstić information content (AvgIpc) is 3.61. The summed E-state index contributed by atoms with van der Waals surface area (Å²) in [4.78, 5) is 0. The number of terminal acetylenes is 1. The Bertz CT molecular complexity index is 2440. The van der Waals surface area contributed by atoms with Crippen molar-refractivity contribution in [2.45, 2.75) is 6.92 Å². The molecule has 0 unspecified atom stereocenters. The Morgan fingerprint density at radius 2 is 1.09 bits per heavy atom. The number of aromatic nitrogens is 2. The lowest BCUT2D eigenvalue weighted by atomic mass is 9.99. The zero-order chi connectivity index (χ0) is 30.3. The summed E-state index contributed by atoms with van der Waals surface area (Å²) in [5.74, 6) is 2.59. The Morgan fingerprint density at radius 3 is 1.69 bits per heavy atom. The molecular weight excluding hydrogens is 544 g/mol. The van der Waals surface area contributed by atoms with Gasteiger partial charge in [0.1, 0.15) is 0 Å². The van der Waals surface area contributed by atoms with Crippen LogP contribution in [0, 0.1) is 12.3 Å². The maximum atomic E-state index is 5.44. The molecule has 8 rings (SSSR count). The first-order chi connectivity index (χ1) is 22.2. The quantitative estimate of drug-likeness (QED) is 0.143. The van der Waals surface area contributed by atoms with Gasteiger partial charge in [0, 0.05) is 32.9 Å². The second-order valence-corrected chi connectivity index (χ2v) is 11.3. The number of allylic oxidation sites excluding steroid dienone is 4. The van der Waals surface area contributed by atoms with E-state index in [1.165, 1.54) is 54.7 Å². The van der Waals surface area contributed by atoms with Crippen LogP contribution in [0.3, 0.4) is 0 Å². The number of hydrogen-bond donors (Lipinski definition) is 0. The smallest absolute Gasteiger partial charge is 0.0561 e. The van der Waals surface area contributed by atoms with Gasteiger partial charge in [-0.15, -0.1) is 6.42 Å². The van der Waals surface area contributed by atoms with Crippen molar-refractivity contribution in [2.24, 2.45) is 0 Å². The fourth-order valence-corrected chi connectivity index (χ4v) is 6.75. The Hall–Kier alpha value is -6.04. The van der Waals surface area contributed by atoms with Crippen molar-refractivity contribution >= 4 is 49.2 Å². The summed E-state index contributed by atoms with van der Waals surface area (Å²) in [7, 11) is 0. The van der Waals surface area contributed by atoms with E-state index in [-0.39, 0.29) is 0 Å². The average molecular weight is 575 g/mol. The highest BCUT2D eigenvalue weighted by Gasteiger charge is 2.16. The summed E-state index contributed by atoms with van der Waals surface area (Å²) in [6.45, 7) is 2.03. The lowest BCUT2D eigenvalue weighted by molar-refractivity contribution is 1.15. The molecule has 0 N–H and O–H groups in total. The van der Waals surface area contributed by atoms with Crippen molar-refractivity contribution in [1.29, 1.82) is 0 Å². The standard InChI is InChI=1S/C43H30N2/c1-3-5-13-30(4-2)31-22-24-32(25-23-31)33-14-12-15-34(28-33)45-42-21-11-8-18-38(42)39-27-26-35(29-43(39)45)44-40-19-9-6-16-36(40)37-17-7-10-20-41(37)44/h1,4-29H,2H3/b13-5-,30-4+. The second-order valence-electron chi connectivity index (χ2n) is 11.3. The zero-order valence-electron chi connectivity index (χ0n) is 25.0. The molecule has 0 spiro atoms. The van der Waals surface area contributed by atoms with Crippen molar-refractivity contribution in [2.75, 3.05) is 0 Å². The van der Waals surface area contributed by atoms with Crippen molar-refractivity contribution in [3.63, 3.8) is 0 Å². The first-order valence-corrected chi connectivity index (χ1v) is 15.3. The van der Waals surface area contributed by atoms with Crippen LogP contribution in [-0.2, 0) is 0 Å². The summed E-state index contributed by atoms with van der Waals surface area (Å²) in [6.07, 6.45) is 11.2. The van der Waals surface area contributed by atoms with Gasteiger partial charge in [-0.25, -0.2) is 0 Å². The number of nitrogens with zero attached hydrogens (tertiary/aromatic N) is 2. The van der Waals surface area contributed by atoms with E-state index in [0.717, 1.165) is 22.5 Å². The molecule has 0 fully saturated rings. The Labute approximate surface area is 262 Å². The highest BCUT2D eigenvalue weighted by molar-refractivity contribution is 6.12. The van der Waals surface area contributed by atoms with Crippen molar-refractivity contribution in [3.8, 4) is 34.8 Å². The van der Waals surface area contributed by atoms with E-state index in [0.29, 0.717) is 0 Å². The van der Waals surface area contributed by atoms with E-state index in [2.05, 4.69) is 161 Å². The van der Waals surface area contributed by atoms with Crippen LogP contribution in [0.25, 0.3) is 71.7 Å². The van der Waals surface area contributed by atoms with Crippen molar-refractivity contribution in [1.82, 2.24) is 9.13 Å². The number of fused-ring (bicyclic) bond motifs is 6. The highest BCUT2D eigenvalue weighted by Crippen LogP contribution is 2.37. The van der Waals surface area contributed by atoms with Crippen LogP contribution in [-0.4, -0.2) is 9.13 Å². The molecule has 8 aromatic rings. The lowest BCUT2D eigenvalue weighted by Gasteiger charge is -2.13. The maximum absolute atomic E-state index is 5.44. The molecule has 0 aliphatic rings. The van der Waals surface area contributed by atoms with Gasteiger partial charge in [0.2, 0.25) is 0 Å². The maximum Gasteiger partial charge on any atom is 0.0561 e. The lowest BCUT2D eigenvalue weighted by Crippen LogP contribution is -1.97. The van der Waals surface area contributed by atoms with E-state index in [1.807, 2.05) is 13.0 Å². The van der Waals surface area contributed by atoms with Crippen LogP contribution < -0.4 is 0 Å². The molecule has 6 aromatic carbocycles. The third-order valence-corrected chi connectivity index (χ3v) is 8.82. The largest absolute Gasteiger partial charge is 0.309 e. The highest BCUT2D eigenvalue weighted by atomic mass is 15.0. The summed E-state index contributed by atoms with van der Waals surface area (Å²) in [5, 5.41) is 5.01. The topological polar surface area (TPSA) is 9.86 Å². The molecule has 2 heteroatoms. The molecule has 0 aliphatic heterocycles. The summed E-state index contributed by atoms with van der Waals surface area (Å²) < 4.78 is 4.80. The zero-order valence-corrected chi connectivity index (χ0v) is 25.0. The summed E-state index contributed by atoms with van der Waals surface area (Å²) in [5.41, 5.74) is 11.7. The number of hydrogen-bond acceptors (Lipinski definition) is 0. The van der Waals surface area contributed by atoms with Crippen LogP contribution >= 0.6 is 0 Å². The number of rotatable bonds is 5. The van der Waals surface area contributed by atoms with Gasteiger partial charge < -0.3 is 9.13 Å². The predicted molar refractivity (Wildman–Crippen MR) is 192 cm³/mol. The van der Waals surface area contributed by atoms with Crippen LogP contribution in [0.2, 0.25) is 0 Å². The molecule has 0 radical (unpaired) electrons. The van der Waals surface area contributed by atoms with Crippen LogP contribution in [0.1, 0.15) is 12.5 Å². The van der Waals surface area contributed by atoms with Gasteiger partial charge in [0.05, 0.1) is 22.1 Å². The van der Waals surface area contributed by atoms with Gasteiger partial charge in [-0.3, -0.25) is 0 Å². The van der Waals surface area contributed by atoms with Crippen LogP contribution in [0.4, 0.5) is 0 Å². The molecule has 0 bridgehead atoms. The fraction of sp³-hybridized carbons (Fsp3) is 0.0233. The number of para-hydroxylation sites is 3. The molecule has 212 valence electrons. The number of benzene rings is 6. The van der Waals surface area contributed by atoms with Crippen molar-refractivity contribution in [3.05, 3.63) is 163 Å². The molecule has 2 nitrogen and oxygen atoms in total. The van der Waals surface area contributed by atoms with Gasteiger partial charge in [-0.2, -0.15) is 0 Å². The minimum Gasteiger partial charge on any atom is -0.309 e. The molecule has 0 saturated heterocycles. The molecule has 0 amide bonds. The summed E-state index contributed by atoms with van der Waals surface area (Å²) in [6, 6.07) is 50.5. The van der Waals surface area contributed by atoms with Gasteiger partial charge >= 0.3 is 0 Å².